The Labute approximate surface area is 94.0 Å². The van der Waals surface area contributed by atoms with E-state index < -0.39 is 11.6 Å². The Hall–Kier alpha value is -1.00. The van der Waals surface area contributed by atoms with E-state index in [-0.39, 0.29) is 0 Å². The van der Waals surface area contributed by atoms with Crippen LogP contribution < -0.4 is 10.6 Å². The van der Waals surface area contributed by atoms with E-state index in [1.165, 1.54) is 6.07 Å². The molecule has 0 spiro atoms. The van der Waals surface area contributed by atoms with E-state index >= 15 is 0 Å². The van der Waals surface area contributed by atoms with Gasteiger partial charge in [-0.3, -0.25) is 0 Å². The molecule has 16 heavy (non-hydrogen) atoms. The fraction of sp³-hybridized carbons (Fsp3) is 0.500. The molecule has 1 fully saturated rings. The molecule has 1 unspecified atom stereocenters. The lowest BCUT2D eigenvalue weighted by Crippen LogP contribution is -2.42. The van der Waals surface area contributed by atoms with Gasteiger partial charge in [0.2, 0.25) is 0 Å². The van der Waals surface area contributed by atoms with Crippen LogP contribution in [0.15, 0.2) is 18.2 Å². The molecule has 0 amide bonds. The number of halogens is 2. The summed E-state index contributed by atoms with van der Waals surface area (Å²) in [6, 6.07) is 4.65. The van der Waals surface area contributed by atoms with Crippen molar-refractivity contribution in [3.8, 4) is 0 Å². The van der Waals surface area contributed by atoms with Gasteiger partial charge in [0.15, 0.2) is 11.6 Å². The molecule has 1 saturated heterocycles. The number of benzene rings is 1. The molecule has 88 valence electrons. The third kappa shape index (κ3) is 2.77. The van der Waals surface area contributed by atoms with Gasteiger partial charge in [0.1, 0.15) is 0 Å². The average molecular weight is 226 g/mol. The van der Waals surface area contributed by atoms with Crippen LogP contribution in [0, 0.1) is 11.6 Å². The first-order valence-electron chi connectivity index (χ1n) is 5.64. The third-order valence-electron chi connectivity index (χ3n) is 2.91. The molecule has 1 aliphatic heterocycles. The van der Waals surface area contributed by atoms with Gasteiger partial charge in [0.25, 0.3) is 0 Å². The molecule has 2 rings (SSSR count). The van der Waals surface area contributed by atoms with Crippen molar-refractivity contribution in [3.05, 3.63) is 35.4 Å². The zero-order valence-electron chi connectivity index (χ0n) is 9.10. The fourth-order valence-corrected chi connectivity index (χ4v) is 1.97. The molecule has 1 aromatic rings. The fourth-order valence-electron chi connectivity index (χ4n) is 1.97. The van der Waals surface area contributed by atoms with E-state index in [9.17, 15) is 8.78 Å². The van der Waals surface area contributed by atoms with Crippen molar-refractivity contribution < 1.29 is 8.78 Å². The van der Waals surface area contributed by atoms with Gasteiger partial charge in [0.05, 0.1) is 0 Å². The Kier molecular flexibility index (Phi) is 3.85. The third-order valence-corrected chi connectivity index (χ3v) is 2.91. The molecule has 4 heteroatoms. The molecular weight excluding hydrogens is 210 g/mol. The SMILES string of the molecule is Fc1cccc(CNC2CCCNC2)c1F. The molecule has 0 aliphatic carbocycles. The van der Waals surface area contributed by atoms with Crippen molar-refractivity contribution >= 4 is 0 Å². The van der Waals surface area contributed by atoms with E-state index in [0.29, 0.717) is 18.2 Å². The highest BCUT2D eigenvalue weighted by Gasteiger charge is 2.13. The van der Waals surface area contributed by atoms with E-state index in [1.54, 1.807) is 6.07 Å². The van der Waals surface area contributed by atoms with Gasteiger partial charge in [-0.1, -0.05) is 12.1 Å². The Morgan fingerprint density at radius 2 is 2.25 bits per heavy atom. The minimum Gasteiger partial charge on any atom is -0.315 e. The van der Waals surface area contributed by atoms with Crippen LogP contribution in [-0.4, -0.2) is 19.1 Å². The summed E-state index contributed by atoms with van der Waals surface area (Å²) >= 11 is 0. The number of rotatable bonds is 3. The summed E-state index contributed by atoms with van der Waals surface area (Å²) in [4.78, 5) is 0. The van der Waals surface area contributed by atoms with Crippen LogP contribution in [0.3, 0.4) is 0 Å². The minimum absolute atomic E-state index is 0.358. The van der Waals surface area contributed by atoms with E-state index in [4.69, 9.17) is 0 Å². The molecule has 0 bridgehead atoms. The first-order valence-corrected chi connectivity index (χ1v) is 5.64. The lowest BCUT2D eigenvalue weighted by Gasteiger charge is -2.24. The molecule has 0 saturated carbocycles. The number of nitrogens with one attached hydrogen (secondary N) is 2. The predicted molar refractivity (Wildman–Crippen MR) is 59.1 cm³/mol. The van der Waals surface area contributed by atoms with Crippen LogP contribution >= 0.6 is 0 Å². The first kappa shape index (κ1) is 11.5. The van der Waals surface area contributed by atoms with Crippen molar-refractivity contribution in [2.45, 2.75) is 25.4 Å². The molecule has 2 nitrogen and oxygen atoms in total. The normalized spacial score (nSPS) is 21.0. The van der Waals surface area contributed by atoms with Crippen LogP contribution in [0.25, 0.3) is 0 Å². The standard InChI is InChI=1S/C12H16F2N2/c13-11-5-1-3-9(12(11)14)7-16-10-4-2-6-15-8-10/h1,3,5,10,15-16H,2,4,6-8H2. The largest absolute Gasteiger partial charge is 0.315 e. The highest BCUT2D eigenvalue weighted by Crippen LogP contribution is 2.11. The van der Waals surface area contributed by atoms with Gasteiger partial charge in [-0.05, 0) is 25.5 Å². The summed E-state index contributed by atoms with van der Waals surface area (Å²) in [6.45, 7) is 2.33. The summed E-state index contributed by atoms with van der Waals surface area (Å²) in [7, 11) is 0. The maximum atomic E-state index is 13.3. The highest BCUT2D eigenvalue weighted by atomic mass is 19.2. The average Bonchev–Trinajstić information content (AvgIpc) is 2.32. The maximum Gasteiger partial charge on any atom is 0.163 e. The lowest BCUT2D eigenvalue weighted by molar-refractivity contribution is 0.384. The number of piperidine rings is 1. The van der Waals surface area contributed by atoms with E-state index in [1.807, 2.05) is 0 Å². The molecule has 2 N–H and O–H groups in total. The van der Waals surface area contributed by atoms with Crippen molar-refractivity contribution in [2.75, 3.05) is 13.1 Å². The molecule has 0 radical (unpaired) electrons. The van der Waals surface area contributed by atoms with Gasteiger partial charge >= 0.3 is 0 Å². The molecule has 1 atom stereocenters. The maximum absolute atomic E-state index is 13.3. The molecule has 0 aromatic heterocycles. The lowest BCUT2D eigenvalue weighted by atomic mass is 10.1. The van der Waals surface area contributed by atoms with E-state index in [2.05, 4.69) is 10.6 Å². The van der Waals surface area contributed by atoms with Crippen LogP contribution in [-0.2, 0) is 6.54 Å². The van der Waals surface area contributed by atoms with Crippen molar-refractivity contribution in [3.63, 3.8) is 0 Å². The topological polar surface area (TPSA) is 24.1 Å². The summed E-state index contributed by atoms with van der Waals surface area (Å²) in [5, 5.41) is 6.50. The second-order valence-electron chi connectivity index (χ2n) is 4.14. The Bertz CT molecular complexity index is 349. The number of hydrogen-bond donors (Lipinski definition) is 2. The monoisotopic (exact) mass is 226 g/mol. The van der Waals surface area contributed by atoms with Crippen LogP contribution in [0.4, 0.5) is 8.78 Å². The zero-order valence-corrected chi connectivity index (χ0v) is 9.10. The first-order chi connectivity index (χ1) is 7.77. The summed E-state index contributed by atoms with van der Waals surface area (Å²) in [5.74, 6) is -1.51. The minimum atomic E-state index is -0.777. The van der Waals surface area contributed by atoms with Gasteiger partial charge in [0, 0.05) is 24.7 Å². The Morgan fingerprint density at radius 1 is 1.38 bits per heavy atom. The predicted octanol–water partition coefficient (Wildman–Crippen LogP) is 1.81. The smallest absolute Gasteiger partial charge is 0.163 e. The van der Waals surface area contributed by atoms with Gasteiger partial charge in [-0.2, -0.15) is 0 Å². The highest BCUT2D eigenvalue weighted by molar-refractivity contribution is 5.18. The molecule has 1 aliphatic rings. The zero-order chi connectivity index (χ0) is 11.4. The van der Waals surface area contributed by atoms with E-state index in [0.717, 1.165) is 32.0 Å². The quantitative estimate of drug-likeness (QED) is 0.821. The number of hydrogen-bond acceptors (Lipinski definition) is 2. The second-order valence-corrected chi connectivity index (χ2v) is 4.14. The van der Waals surface area contributed by atoms with Crippen molar-refractivity contribution in [1.82, 2.24) is 10.6 Å². The van der Waals surface area contributed by atoms with Crippen LogP contribution in [0.2, 0.25) is 0 Å². The van der Waals surface area contributed by atoms with Gasteiger partial charge in [-0.25, -0.2) is 8.78 Å². The van der Waals surface area contributed by atoms with Crippen molar-refractivity contribution in [2.24, 2.45) is 0 Å². The van der Waals surface area contributed by atoms with Crippen molar-refractivity contribution in [1.29, 1.82) is 0 Å². The summed E-state index contributed by atoms with van der Waals surface area (Å²) in [6.07, 6.45) is 2.22. The van der Waals surface area contributed by atoms with Gasteiger partial charge in [-0.15, -0.1) is 0 Å². The van der Waals surface area contributed by atoms with Crippen LogP contribution in [0.1, 0.15) is 18.4 Å². The summed E-state index contributed by atoms with van der Waals surface area (Å²) in [5.41, 5.74) is 0.394. The van der Waals surface area contributed by atoms with Gasteiger partial charge < -0.3 is 10.6 Å². The molecular formula is C12H16F2N2. The van der Waals surface area contributed by atoms with Crippen LogP contribution in [0.5, 0.6) is 0 Å². The summed E-state index contributed by atoms with van der Waals surface area (Å²) < 4.78 is 26.3. The second kappa shape index (κ2) is 5.37. The molecule has 1 aromatic carbocycles. The molecule has 1 heterocycles. The Balaban J connectivity index is 1.91. The Morgan fingerprint density at radius 3 is 3.00 bits per heavy atom.